The van der Waals surface area contributed by atoms with Gasteiger partial charge in [-0.2, -0.15) is 10.4 Å². The van der Waals surface area contributed by atoms with E-state index < -0.39 is 6.09 Å². The molecule has 0 aromatic carbocycles. The summed E-state index contributed by atoms with van der Waals surface area (Å²) in [5, 5.41) is 20.1. The van der Waals surface area contributed by atoms with Gasteiger partial charge in [-0.15, -0.1) is 11.3 Å². The number of nitrogens with one attached hydrogen (secondary N) is 2. The Morgan fingerprint density at radius 3 is 3.00 bits per heavy atom. The molecule has 35 heavy (non-hydrogen) atoms. The van der Waals surface area contributed by atoms with E-state index in [1.54, 1.807) is 29.2 Å². The average Bonchev–Trinajstić information content (AvgIpc) is 3.37. The Morgan fingerprint density at radius 2 is 2.29 bits per heavy atom. The molecule has 0 bridgehead atoms. The molecule has 0 fully saturated rings. The Balaban J connectivity index is 1.31. The molecular weight excluding hydrogens is 464 g/mol. The summed E-state index contributed by atoms with van der Waals surface area (Å²) in [5.74, 6) is -0.143. The molecule has 1 aliphatic carbocycles. The number of carbonyl (C=O) groups is 2. The Morgan fingerprint density at radius 1 is 1.43 bits per heavy atom. The fraction of sp³-hybridized carbons (Fsp3) is 0.320. The highest BCUT2D eigenvalue weighted by Crippen LogP contribution is 2.39. The molecular formula is C25H26N6O3S. The largest absolute Gasteiger partial charge is 0.449 e. The standard InChI is InChI=1S/C25H26N6O3S/c1-16-10-19(31(2)30-16)14-28-25(33)34-15-18-5-7-20-21(12-26)24(35-22(20)11-18)29-23(32)8-6-17-4-3-9-27-13-17/h3-4,6,8-10,13,18H,5,7,11,14-15H2,1-2H3,(H,28,33)(H,29,32)/b8-6+. The van der Waals surface area contributed by atoms with Crippen LogP contribution in [-0.2, 0) is 36.0 Å². The molecule has 3 aromatic rings. The smallest absolute Gasteiger partial charge is 0.407 e. The van der Waals surface area contributed by atoms with Crippen LogP contribution in [-0.4, -0.2) is 33.4 Å². The molecule has 2 N–H and O–H groups in total. The van der Waals surface area contributed by atoms with Crippen LogP contribution in [0.3, 0.4) is 0 Å². The number of nitrogens with zero attached hydrogens (tertiary/aromatic N) is 4. The summed E-state index contributed by atoms with van der Waals surface area (Å²) in [5.41, 5.74) is 4.11. The first kappa shape index (κ1) is 24.2. The second-order valence-electron chi connectivity index (χ2n) is 8.39. The van der Waals surface area contributed by atoms with Crippen LogP contribution < -0.4 is 10.6 Å². The van der Waals surface area contributed by atoms with Gasteiger partial charge in [0.05, 0.1) is 30.1 Å². The number of rotatable bonds is 7. The highest BCUT2D eigenvalue weighted by atomic mass is 32.1. The molecule has 1 unspecified atom stereocenters. The van der Waals surface area contributed by atoms with Crippen molar-refractivity contribution in [1.29, 1.82) is 5.26 Å². The third-order valence-corrected chi connectivity index (χ3v) is 6.96. The number of pyridine rings is 1. The van der Waals surface area contributed by atoms with Gasteiger partial charge in [-0.1, -0.05) is 6.07 Å². The van der Waals surface area contributed by atoms with Crippen LogP contribution in [0.4, 0.5) is 9.80 Å². The summed E-state index contributed by atoms with van der Waals surface area (Å²) in [7, 11) is 1.83. The average molecular weight is 491 g/mol. The lowest BCUT2D eigenvalue weighted by molar-refractivity contribution is -0.111. The second kappa shape index (κ2) is 11.0. The van der Waals surface area contributed by atoms with Crippen molar-refractivity contribution in [3.8, 4) is 6.07 Å². The molecule has 3 aromatic heterocycles. The van der Waals surface area contributed by atoms with Crippen molar-refractivity contribution >= 4 is 34.4 Å². The molecule has 0 aliphatic heterocycles. The summed E-state index contributed by atoms with van der Waals surface area (Å²) in [6.07, 6.45) is 8.18. The number of anilines is 1. The number of nitriles is 1. The quantitative estimate of drug-likeness (QED) is 0.487. The number of hydrogen-bond acceptors (Lipinski definition) is 7. The maximum Gasteiger partial charge on any atom is 0.407 e. The van der Waals surface area contributed by atoms with E-state index in [1.807, 2.05) is 26.1 Å². The van der Waals surface area contributed by atoms with Gasteiger partial charge in [-0.05, 0) is 61.4 Å². The van der Waals surface area contributed by atoms with Crippen LogP contribution in [0.2, 0.25) is 0 Å². The molecule has 0 spiro atoms. The van der Waals surface area contributed by atoms with Crippen molar-refractivity contribution in [2.45, 2.75) is 32.7 Å². The third kappa shape index (κ3) is 6.13. The van der Waals surface area contributed by atoms with Gasteiger partial charge in [0.25, 0.3) is 0 Å². The van der Waals surface area contributed by atoms with Gasteiger partial charge in [0.1, 0.15) is 11.1 Å². The zero-order valence-corrected chi connectivity index (χ0v) is 20.4. The van der Waals surface area contributed by atoms with E-state index in [9.17, 15) is 14.9 Å². The fourth-order valence-corrected chi connectivity index (χ4v) is 5.36. The normalized spacial score (nSPS) is 14.8. The summed E-state index contributed by atoms with van der Waals surface area (Å²) in [6, 6.07) is 7.81. The molecule has 1 atom stereocenters. The number of aromatic nitrogens is 3. The van der Waals surface area contributed by atoms with Crippen LogP contribution >= 0.6 is 11.3 Å². The number of ether oxygens (including phenoxy) is 1. The Hall–Kier alpha value is -3.97. The fourth-order valence-electron chi connectivity index (χ4n) is 4.04. The molecule has 3 heterocycles. The molecule has 0 radical (unpaired) electrons. The van der Waals surface area contributed by atoms with Crippen molar-refractivity contribution in [2.75, 3.05) is 11.9 Å². The first-order valence-corrected chi connectivity index (χ1v) is 12.1. The summed E-state index contributed by atoms with van der Waals surface area (Å²) in [4.78, 5) is 29.6. The predicted molar refractivity (Wildman–Crippen MR) is 133 cm³/mol. The lowest BCUT2D eigenvalue weighted by atomic mass is 9.88. The summed E-state index contributed by atoms with van der Waals surface area (Å²) < 4.78 is 7.17. The predicted octanol–water partition coefficient (Wildman–Crippen LogP) is 3.74. The van der Waals surface area contributed by atoms with Gasteiger partial charge in [0, 0.05) is 30.4 Å². The highest BCUT2D eigenvalue weighted by molar-refractivity contribution is 7.16. The lowest BCUT2D eigenvalue weighted by Crippen LogP contribution is -2.28. The topological polar surface area (TPSA) is 122 Å². The van der Waals surface area contributed by atoms with E-state index in [1.165, 1.54) is 17.4 Å². The number of carbonyl (C=O) groups excluding carboxylic acids is 2. The van der Waals surface area contributed by atoms with Gasteiger partial charge in [-0.25, -0.2) is 4.79 Å². The molecule has 9 nitrogen and oxygen atoms in total. The van der Waals surface area contributed by atoms with Gasteiger partial charge in [0.2, 0.25) is 5.91 Å². The van der Waals surface area contributed by atoms with E-state index >= 15 is 0 Å². The SMILES string of the molecule is Cc1cc(CNC(=O)OCC2CCc3c(sc(NC(=O)/C=C/c4cccnc4)c3C#N)C2)n(C)n1. The van der Waals surface area contributed by atoms with Crippen molar-refractivity contribution in [3.63, 3.8) is 0 Å². The zero-order valence-electron chi connectivity index (χ0n) is 19.6. The highest BCUT2D eigenvalue weighted by Gasteiger charge is 2.27. The van der Waals surface area contributed by atoms with Crippen molar-refractivity contribution in [1.82, 2.24) is 20.1 Å². The summed E-state index contributed by atoms with van der Waals surface area (Å²) in [6.45, 7) is 2.54. The maximum atomic E-state index is 12.4. The van der Waals surface area contributed by atoms with E-state index in [-0.39, 0.29) is 11.8 Å². The molecule has 0 saturated heterocycles. The van der Waals surface area contributed by atoms with E-state index in [0.717, 1.165) is 33.8 Å². The van der Waals surface area contributed by atoms with Crippen LogP contribution in [0.1, 0.15) is 39.4 Å². The van der Waals surface area contributed by atoms with Gasteiger partial charge < -0.3 is 15.4 Å². The minimum absolute atomic E-state index is 0.159. The molecule has 4 rings (SSSR count). The molecule has 2 amide bonds. The number of amides is 2. The number of aryl methyl sites for hydroxylation is 2. The minimum atomic E-state index is -0.466. The molecule has 0 saturated carbocycles. The third-order valence-electron chi connectivity index (χ3n) is 5.79. The number of fused-ring (bicyclic) bond motifs is 1. The van der Waals surface area contributed by atoms with E-state index in [2.05, 4.69) is 26.8 Å². The minimum Gasteiger partial charge on any atom is -0.449 e. The second-order valence-corrected chi connectivity index (χ2v) is 9.50. The van der Waals surface area contributed by atoms with E-state index in [4.69, 9.17) is 4.74 Å². The monoisotopic (exact) mass is 490 g/mol. The first-order chi connectivity index (χ1) is 16.9. The lowest BCUT2D eigenvalue weighted by Gasteiger charge is -2.21. The Bertz CT molecular complexity index is 1290. The Labute approximate surface area is 207 Å². The summed E-state index contributed by atoms with van der Waals surface area (Å²) >= 11 is 1.42. The molecule has 10 heteroatoms. The van der Waals surface area contributed by atoms with Gasteiger partial charge in [-0.3, -0.25) is 14.5 Å². The van der Waals surface area contributed by atoms with E-state index in [0.29, 0.717) is 36.6 Å². The van der Waals surface area contributed by atoms with Crippen LogP contribution in [0.5, 0.6) is 0 Å². The van der Waals surface area contributed by atoms with Crippen molar-refractivity contribution in [2.24, 2.45) is 13.0 Å². The van der Waals surface area contributed by atoms with Crippen molar-refractivity contribution < 1.29 is 14.3 Å². The van der Waals surface area contributed by atoms with Crippen LogP contribution in [0.25, 0.3) is 6.08 Å². The Kier molecular flexibility index (Phi) is 7.57. The van der Waals surface area contributed by atoms with Crippen molar-refractivity contribution in [3.05, 3.63) is 69.6 Å². The van der Waals surface area contributed by atoms with Crippen LogP contribution in [0.15, 0.2) is 36.7 Å². The van der Waals surface area contributed by atoms with Gasteiger partial charge >= 0.3 is 6.09 Å². The number of thiophene rings is 1. The zero-order chi connectivity index (χ0) is 24.8. The van der Waals surface area contributed by atoms with Crippen LogP contribution in [0, 0.1) is 24.2 Å². The number of alkyl carbamates (subject to hydrolysis) is 1. The van der Waals surface area contributed by atoms with Gasteiger partial charge in [0.15, 0.2) is 0 Å². The molecule has 1 aliphatic rings. The molecule has 180 valence electrons. The number of hydrogen-bond donors (Lipinski definition) is 2. The maximum absolute atomic E-state index is 12.4. The first-order valence-electron chi connectivity index (χ1n) is 11.3.